The second kappa shape index (κ2) is 3.07. The maximum Gasteiger partial charge on any atom is 0.419 e. The Balaban J connectivity index is 2.66. The first-order valence-electron chi connectivity index (χ1n) is 5.06. The summed E-state index contributed by atoms with van der Waals surface area (Å²) in [5.41, 5.74) is 1.47. The minimum atomic E-state index is -0.447. The third-order valence-electron chi connectivity index (χ3n) is 2.89. The molecule has 0 aliphatic heterocycles. The zero-order valence-electron chi connectivity index (χ0n) is 9.27. The summed E-state index contributed by atoms with van der Waals surface area (Å²) in [6, 6.07) is 3.31. The number of aromatic amines is 1. The van der Waals surface area contributed by atoms with Crippen molar-refractivity contribution in [1.29, 1.82) is 0 Å². The second-order valence-corrected chi connectivity index (χ2v) is 3.93. The fourth-order valence-electron chi connectivity index (χ4n) is 1.92. The van der Waals surface area contributed by atoms with Gasteiger partial charge in [0.1, 0.15) is 0 Å². The van der Waals surface area contributed by atoms with Gasteiger partial charge in [0.2, 0.25) is 0 Å². The van der Waals surface area contributed by atoms with E-state index < -0.39 is 5.76 Å². The highest BCUT2D eigenvalue weighted by Crippen LogP contribution is 2.20. The van der Waals surface area contributed by atoms with Crippen LogP contribution in [-0.2, 0) is 7.05 Å². The van der Waals surface area contributed by atoms with E-state index in [2.05, 4.69) is 10.2 Å². The Labute approximate surface area is 94.5 Å². The molecule has 0 spiro atoms. The van der Waals surface area contributed by atoms with E-state index in [4.69, 9.17) is 4.42 Å². The molecule has 3 aromatic rings. The Morgan fingerprint density at radius 2 is 2.06 bits per heavy atom. The third-order valence-corrected chi connectivity index (χ3v) is 2.89. The molecule has 3 rings (SSSR count). The van der Waals surface area contributed by atoms with Crippen LogP contribution in [0.5, 0.6) is 0 Å². The number of rotatable bonds is 0. The van der Waals surface area contributed by atoms with Crippen LogP contribution in [0.3, 0.4) is 0 Å². The van der Waals surface area contributed by atoms with Gasteiger partial charge in [0, 0.05) is 12.4 Å². The average molecular weight is 231 g/mol. The summed E-state index contributed by atoms with van der Waals surface area (Å²) in [5.74, 6) is -0.447. The van der Waals surface area contributed by atoms with Crippen LogP contribution >= 0.6 is 0 Å². The SMILES string of the molecule is Cc1n[nH]c(=O)c2cc3c(cc12)oc(=O)n3C. The van der Waals surface area contributed by atoms with E-state index in [0.29, 0.717) is 27.6 Å². The first kappa shape index (κ1) is 9.83. The fraction of sp³-hybridized carbons (Fsp3) is 0.182. The highest BCUT2D eigenvalue weighted by molar-refractivity contribution is 5.94. The van der Waals surface area contributed by atoms with Crippen molar-refractivity contribution in [2.75, 3.05) is 0 Å². The lowest BCUT2D eigenvalue weighted by Gasteiger charge is -2.00. The number of aromatic nitrogens is 3. The quantitative estimate of drug-likeness (QED) is 0.616. The van der Waals surface area contributed by atoms with Crippen molar-refractivity contribution in [2.45, 2.75) is 6.92 Å². The van der Waals surface area contributed by atoms with Crippen molar-refractivity contribution >= 4 is 21.9 Å². The Morgan fingerprint density at radius 3 is 2.82 bits per heavy atom. The Morgan fingerprint density at radius 1 is 1.29 bits per heavy atom. The summed E-state index contributed by atoms with van der Waals surface area (Å²) in [6.45, 7) is 1.78. The minimum absolute atomic E-state index is 0.277. The number of oxazole rings is 1. The van der Waals surface area contributed by atoms with E-state index in [1.165, 1.54) is 4.57 Å². The fourth-order valence-corrected chi connectivity index (χ4v) is 1.92. The molecule has 0 radical (unpaired) electrons. The lowest BCUT2D eigenvalue weighted by Crippen LogP contribution is -2.10. The Hall–Kier alpha value is -2.37. The first-order chi connectivity index (χ1) is 8.08. The van der Waals surface area contributed by atoms with Crippen molar-refractivity contribution in [1.82, 2.24) is 14.8 Å². The molecular formula is C11H9N3O3. The predicted octanol–water partition coefficient (Wildman–Crippen LogP) is 0.676. The van der Waals surface area contributed by atoms with Crippen LogP contribution < -0.4 is 11.3 Å². The summed E-state index contributed by atoms with van der Waals surface area (Å²) >= 11 is 0. The molecule has 0 amide bonds. The highest BCUT2D eigenvalue weighted by Gasteiger charge is 2.10. The van der Waals surface area contributed by atoms with Gasteiger partial charge in [-0.05, 0) is 19.1 Å². The van der Waals surface area contributed by atoms with E-state index >= 15 is 0 Å². The van der Waals surface area contributed by atoms with Crippen molar-refractivity contribution < 1.29 is 4.42 Å². The Kier molecular flexibility index (Phi) is 1.77. The van der Waals surface area contributed by atoms with E-state index in [1.807, 2.05) is 0 Å². The van der Waals surface area contributed by atoms with Crippen molar-refractivity contribution in [2.24, 2.45) is 7.05 Å². The van der Waals surface area contributed by atoms with Gasteiger partial charge in [0.25, 0.3) is 5.56 Å². The maximum absolute atomic E-state index is 11.7. The number of hydrogen-bond donors (Lipinski definition) is 1. The topological polar surface area (TPSA) is 80.9 Å². The van der Waals surface area contributed by atoms with Crippen LogP contribution in [0.4, 0.5) is 0 Å². The van der Waals surface area contributed by atoms with Crippen LogP contribution in [0.15, 0.2) is 26.1 Å². The summed E-state index contributed by atoms with van der Waals surface area (Å²) in [4.78, 5) is 23.0. The zero-order valence-corrected chi connectivity index (χ0v) is 9.27. The van der Waals surface area contributed by atoms with Gasteiger partial charge < -0.3 is 4.42 Å². The number of nitrogens with zero attached hydrogens (tertiary/aromatic N) is 2. The van der Waals surface area contributed by atoms with Crippen LogP contribution in [0.2, 0.25) is 0 Å². The molecule has 0 atom stereocenters. The molecule has 6 nitrogen and oxygen atoms in total. The van der Waals surface area contributed by atoms with Crippen molar-refractivity contribution in [3.63, 3.8) is 0 Å². The molecular weight excluding hydrogens is 222 g/mol. The summed E-state index contributed by atoms with van der Waals surface area (Å²) in [7, 11) is 1.60. The number of fused-ring (bicyclic) bond motifs is 2. The summed E-state index contributed by atoms with van der Waals surface area (Å²) < 4.78 is 6.43. The maximum atomic E-state index is 11.7. The van der Waals surface area contributed by atoms with Gasteiger partial charge in [-0.2, -0.15) is 5.10 Å². The molecule has 0 unspecified atom stereocenters. The molecule has 6 heteroatoms. The summed E-state index contributed by atoms with van der Waals surface area (Å²) in [5, 5.41) is 7.48. The van der Waals surface area contributed by atoms with Gasteiger partial charge in [0.05, 0.1) is 16.6 Å². The summed E-state index contributed by atoms with van der Waals surface area (Å²) in [6.07, 6.45) is 0. The van der Waals surface area contributed by atoms with Crippen molar-refractivity contribution in [3.05, 3.63) is 38.7 Å². The predicted molar refractivity (Wildman–Crippen MR) is 62.1 cm³/mol. The average Bonchev–Trinajstić information content (AvgIpc) is 2.59. The number of H-pyrrole nitrogens is 1. The lowest BCUT2D eigenvalue weighted by atomic mass is 10.1. The van der Waals surface area contributed by atoms with Gasteiger partial charge in [-0.25, -0.2) is 9.89 Å². The van der Waals surface area contributed by atoms with E-state index in [0.717, 1.165) is 0 Å². The van der Waals surface area contributed by atoms with Crippen LogP contribution in [0.25, 0.3) is 21.9 Å². The molecule has 17 heavy (non-hydrogen) atoms. The van der Waals surface area contributed by atoms with Gasteiger partial charge >= 0.3 is 5.76 Å². The number of nitrogens with one attached hydrogen (secondary N) is 1. The van der Waals surface area contributed by atoms with Gasteiger partial charge in [-0.15, -0.1) is 0 Å². The van der Waals surface area contributed by atoms with Crippen molar-refractivity contribution in [3.8, 4) is 0 Å². The monoisotopic (exact) mass is 231 g/mol. The molecule has 0 fully saturated rings. The molecule has 0 bridgehead atoms. The minimum Gasteiger partial charge on any atom is -0.408 e. The van der Waals surface area contributed by atoms with Gasteiger partial charge in [-0.3, -0.25) is 9.36 Å². The largest absolute Gasteiger partial charge is 0.419 e. The molecule has 0 saturated carbocycles. The molecule has 2 aromatic heterocycles. The van der Waals surface area contributed by atoms with Crippen LogP contribution in [0.1, 0.15) is 5.69 Å². The number of hydrogen-bond acceptors (Lipinski definition) is 4. The lowest BCUT2D eigenvalue weighted by molar-refractivity contribution is 0.528. The highest BCUT2D eigenvalue weighted by atomic mass is 16.4. The molecule has 0 aliphatic rings. The van der Waals surface area contributed by atoms with Crippen LogP contribution in [-0.4, -0.2) is 14.8 Å². The zero-order chi connectivity index (χ0) is 12.2. The molecule has 2 heterocycles. The molecule has 86 valence electrons. The van der Waals surface area contributed by atoms with E-state index in [9.17, 15) is 9.59 Å². The van der Waals surface area contributed by atoms with E-state index in [-0.39, 0.29) is 5.56 Å². The molecule has 0 aliphatic carbocycles. The molecule has 0 saturated heterocycles. The van der Waals surface area contributed by atoms with Gasteiger partial charge in [0.15, 0.2) is 5.58 Å². The first-order valence-corrected chi connectivity index (χ1v) is 5.06. The smallest absolute Gasteiger partial charge is 0.408 e. The Bertz CT molecular complexity index is 854. The number of aryl methyl sites for hydroxylation is 2. The normalized spacial score (nSPS) is 11.4. The van der Waals surface area contributed by atoms with Gasteiger partial charge in [-0.1, -0.05) is 0 Å². The molecule has 1 aromatic carbocycles. The molecule has 1 N–H and O–H groups in total. The standard InChI is InChI=1S/C11H9N3O3/c1-5-6-4-9-8(14(2)11(16)17-9)3-7(6)10(15)13-12-5/h3-4H,1-2H3,(H,13,15). The van der Waals surface area contributed by atoms with Crippen LogP contribution in [0, 0.1) is 6.92 Å². The number of benzene rings is 1. The third kappa shape index (κ3) is 1.24. The van der Waals surface area contributed by atoms with E-state index in [1.54, 1.807) is 26.1 Å². The second-order valence-electron chi connectivity index (χ2n) is 3.93.